The summed E-state index contributed by atoms with van der Waals surface area (Å²) in [5, 5.41) is 15.6. The molecule has 0 spiro atoms. The molecule has 1 atom stereocenters. The molecule has 0 bridgehead atoms. The van der Waals surface area contributed by atoms with E-state index < -0.39 is 17.4 Å². The summed E-state index contributed by atoms with van der Waals surface area (Å²) in [4.78, 5) is 37.7. The lowest BCUT2D eigenvalue weighted by atomic mass is 9.67. The van der Waals surface area contributed by atoms with Gasteiger partial charge in [0.05, 0.1) is 5.41 Å². The van der Waals surface area contributed by atoms with Gasteiger partial charge in [-0.15, -0.1) is 0 Å². The second-order valence-electron chi connectivity index (χ2n) is 9.27. The molecule has 2 saturated heterocycles. The molecule has 2 aromatic rings. The predicted molar refractivity (Wildman–Crippen MR) is 134 cm³/mol. The molecule has 2 heterocycles. The zero-order valence-corrected chi connectivity index (χ0v) is 20.2. The standard InChI is InChI=1S/C24H30N2O.C4H4O4/c1-25-17-14-20(19-25)18-24(21-10-4-2-5-11-21,22-12-6-3-7-13-22)23(27)26-15-8-9-16-26;5-3(6)1-2-4(7)8/h2-7,10-13,20H,8-9,14-19H2,1H3;1-2H,(H,5,6)(H,7,8)/b;2-1-. The van der Waals surface area contributed by atoms with E-state index in [1.807, 2.05) is 12.1 Å². The Morgan fingerprint density at radius 3 is 1.74 bits per heavy atom. The fraction of sp³-hybridized carbons (Fsp3) is 0.393. The zero-order chi connectivity index (χ0) is 25.3. The van der Waals surface area contributed by atoms with Gasteiger partial charge in [0, 0.05) is 31.8 Å². The molecule has 35 heavy (non-hydrogen) atoms. The number of hydrogen-bond donors (Lipinski definition) is 2. The number of rotatable bonds is 7. The monoisotopic (exact) mass is 478 g/mol. The summed E-state index contributed by atoms with van der Waals surface area (Å²) >= 11 is 0. The van der Waals surface area contributed by atoms with Crippen LogP contribution in [0, 0.1) is 5.92 Å². The van der Waals surface area contributed by atoms with Gasteiger partial charge in [-0.2, -0.15) is 0 Å². The van der Waals surface area contributed by atoms with Crippen molar-refractivity contribution >= 4 is 17.8 Å². The fourth-order valence-electron chi connectivity index (χ4n) is 5.14. The van der Waals surface area contributed by atoms with Gasteiger partial charge < -0.3 is 20.0 Å². The largest absolute Gasteiger partial charge is 0.478 e. The highest BCUT2D eigenvalue weighted by atomic mass is 16.4. The third kappa shape index (κ3) is 6.79. The van der Waals surface area contributed by atoms with Crippen LogP contribution in [-0.4, -0.2) is 71.1 Å². The van der Waals surface area contributed by atoms with Gasteiger partial charge >= 0.3 is 11.9 Å². The highest BCUT2D eigenvalue weighted by Crippen LogP contribution is 2.42. The van der Waals surface area contributed by atoms with Crippen molar-refractivity contribution in [1.82, 2.24) is 9.80 Å². The summed E-state index contributed by atoms with van der Waals surface area (Å²) in [5.74, 6) is -1.67. The van der Waals surface area contributed by atoms with E-state index in [0.717, 1.165) is 56.6 Å². The van der Waals surface area contributed by atoms with E-state index in [0.29, 0.717) is 24.0 Å². The molecule has 2 aliphatic rings. The number of amides is 1. The molecule has 2 N–H and O–H groups in total. The minimum Gasteiger partial charge on any atom is -0.478 e. The van der Waals surface area contributed by atoms with Crippen LogP contribution in [0.3, 0.4) is 0 Å². The first kappa shape index (κ1) is 26.2. The van der Waals surface area contributed by atoms with Crippen LogP contribution >= 0.6 is 0 Å². The quantitative estimate of drug-likeness (QED) is 0.590. The molecule has 0 radical (unpaired) electrons. The fourth-order valence-corrected chi connectivity index (χ4v) is 5.14. The summed E-state index contributed by atoms with van der Waals surface area (Å²) < 4.78 is 0. The molecule has 0 aromatic heterocycles. The number of likely N-dealkylation sites (tertiary alicyclic amines) is 2. The predicted octanol–water partition coefficient (Wildman–Crippen LogP) is 3.65. The molecule has 0 aliphatic carbocycles. The molecule has 1 amide bonds. The Bertz CT molecular complexity index is 961. The molecular weight excluding hydrogens is 444 g/mol. The van der Waals surface area contributed by atoms with Crippen molar-refractivity contribution < 1.29 is 24.6 Å². The number of nitrogens with zero attached hydrogens (tertiary/aromatic N) is 2. The lowest BCUT2D eigenvalue weighted by Crippen LogP contribution is -2.48. The normalized spacial score (nSPS) is 18.3. The zero-order valence-electron chi connectivity index (χ0n) is 20.2. The first-order valence-corrected chi connectivity index (χ1v) is 12.1. The van der Waals surface area contributed by atoms with Crippen molar-refractivity contribution in [2.45, 2.75) is 31.1 Å². The molecular formula is C28H34N2O5. The van der Waals surface area contributed by atoms with Crippen LogP contribution < -0.4 is 0 Å². The van der Waals surface area contributed by atoms with Crippen molar-refractivity contribution in [2.24, 2.45) is 5.92 Å². The minimum atomic E-state index is -1.26. The van der Waals surface area contributed by atoms with Gasteiger partial charge in [0.2, 0.25) is 5.91 Å². The van der Waals surface area contributed by atoms with E-state index in [1.54, 1.807) is 0 Å². The van der Waals surface area contributed by atoms with Crippen molar-refractivity contribution in [2.75, 3.05) is 33.2 Å². The number of hydrogen-bond acceptors (Lipinski definition) is 4. The molecule has 186 valence electrons. The lowest BCUT2D eigenvalue weighted by molar-refractivity contribution is -0.135. The van der Waals surface area contributed by atoms with Gasteiger partial charge in [-0.05, 0) is 56.3 Å². The third-order valence-electron chi connectivity index (χ3n) is 6.74. The van der Waals surface area contributed by atoms with Crippen LogP contribution in [0.5, 0.6) is 0 Å². The smallest absolute Gasteiger partial charge is 0.328 e. The van der Waals surface area contributed by atoms with Crippen LogP contribution in [0.1, 0.15) is 36.8 Å². The molecule has 2 aromatic carbocycles. The van der Waals surface area contributed by atoms with Crippen LogP contribution in [0.15, 0.2) is 72.8 Å². The Balaban J connectivity index is 0.000000371. The van der Waals surface area contributed by atoms with Gasteiger partial charge in [0.15, 0.2) is 0 Å². The molecule has 4 rings (SSSR count). The van der Waals surface area contributed by atoms with Crippen molar-refractivity contribution in [3.63, 3.8) is 0 Å². The maximum atomic E-state index is 14.0. The van der Waals surface area contributed by atoms with Gasteiger partial charge in [-0.1, -0.05) is 60.7 Å². The maximum absolute atomic E-state index is 14.0. The first-order valence-electron chi connectivity index (χ1n) is 12.1. The van der Waals surface area contributed by atoms with Crippen LogP contribution in [0.4, 0.5) is 0 Å². The SMILES string of the molecule is CN1CCC(CC(C(=O)N2CCCC2)(c2ccccc2)c2ccccc2)C1.O=C(O)/C=C\C(=O)O. The van der Waals surface area contributed by atoms with E-state index in [9.17, 15) is 14.4 Å². The van der Waals surface area contributed by atoms with E-state index in [2.05, 4.69) is 65.4 Å². The summed E-state index contributed by atoms with van der Waals surface area (Å²) in [6.45, 7) is 3.99. The Morgan fingerprint density at radius 2 is 1.34 bits per heavy atom. The first-order chi connectivity index (χ1) is 16.8. The Kier molecular flexibility index (Phi) is 9.20. The average Bonchev–Trinajstić information content (AvgIpc) is 3.54. The number of carboxylic acids is 2. The van der Waals surface area contributed by atoms with E-state index in [-0.39, 0.29) is 0 Å². The number of benzene rings is 2. The number of carbonyl (C=O) groups excluding carboxylic acids is 1. The van der Waals surface area contributed by atoms with Gasteiger partial charge in [-0.3, -0.25) is 4.79 Å². The maximum Gasteiger partial charge on any atom is 0.328 e. The van der Waals surface area contributed by atoms with E-state index >= 15 is 0 Å². The second kappa shape index (κ2) is 12.3. The molecule has 2 fully saturated rings. The average molecular weight is 479 g/mol. The highest BCUT2D eigenvalue weighted by Gasteiger charge is 2.46. The van der Waals surface area contributed by atoms with E-state index in [1.165, 1.54) is 6.42 Å². The van der Waals surface area contributed by atoms with Crippen LogP contribution in [0.25, 0.3) is 0 Å². The number of aliphatic carboxylic acids is 2. The summed E-state index contributed by atoms with van der Waals surface area (Å²) in [6.07, 6.45) is 5.42. The Labute approximate surface area is 206 Å². The van der Waals surface area contributed by atoms with Crippen molar-refractivity contribution in [3.8, 4) is 0 Å². The topological polar surface area (TPSA) is 98.2 Å². The molecule has 7 nitrogen and oxygen atoms in total. The summed E-state index contributed by atoms with van der Waals surface area (Å²) in [5.41, 5.74) is 1.70. The summed E-state index contributed by atoms with van der Waals surface area (Å²) in [7, 11) is 2.19. The van der Waals surface area contributed by atoms with Crippen molar-refractivity contribution in [1.29, 1.82) is 0 Å². The van der Waals surface area contributed by atoms with E-state index in [4.69, 9.17) is 10.2 Å². The molecule has 2 aliphatic heterocycles. The number of carbonyl (C=O) groups is 3. The Morgan fingerprint density at radius 1 is 0.857 bits per heavy atom. The molecule has 7 heteroatoms. The molecule has 0 saturated carbocycles. The van der Waals surface area contributed by atoms with Gasteiger partial charge in [0.25, 0.3) is 0 Å². The summed E-state index contributed by atoms with van der Waals surface area (Å²) in [6, 6.07) is 21.0. The molecule has 1 unspecified atom stereocenters. The minimum absolute atomic E-state index is 0.298. The highest BCUT2D eigenvalue weighted by molar-refractivity contribution is 5.92. The van der Waals surface area contributed by atoms with Crippen molar-refractivity contribution in [3.05, 3.63) is 83.9 Å². The van der Waals surface area contributed by atoms with Crippen LogP contribution in [-0.2, 0) is 19.8 Å². The van der Waals surface area contributed by atoms with Gasteiger partial charge in [-0.25, -0.2) is 9.59 Å². The number of carboxylic acid groups (broad SMARTS) is 2. The Hall–Kier alpha value is -3.45. The van der Waals surface area contributed by atoms with Crippen LogP contribution in [0.2, 0.25) is 0 Å². The van der Waals surface area contributed by atoms with Gasteiger partial charge in [0.1, 0.15) is 0 Å². The second-order valence-corrected chi connectivity index (χ2v) is 9.27. The third-order valence-corrected chi connectivity index (χ3v) is 6.74. The lowest BCUT2D eigenvalue weighted by Gasteiger charge is -2.39.